The molecule has 0 aliphatic rings. The van der Waals surface area contributed by atoms with Crippen LogP contribution in [0.2, 0.25) is 5.02 Å². The van der Waals surface area contributed by atoms with Crippen molar-refractivity contribution < 1.29 is 9.90 Å². The lowest BCUT2D eigenvalue weighted by atomic mass is 10.1. The van der Waals surface area contributed by atoms with Crippen molar-refractivity contribution in [2.45, 2.75) is 25.8 Å². The van der Waals surface area contributed by atoms with Crippen LogP contribution in [-0.4, -0.2) is 43.9 Å². The molecule has 1 unspecified atom stereocenters. The number of aromatic nitrogens is 4. The summed E-state index contributed by atoms with van der Waals surface area (Å²) >= 11 is 5.97. The minimum absolute atomic E-state index is 0.0506. The largest absolute Gasteiger partial charge is 0.396 e. The van der Waals surface area contributed by atoms with E-state index in [4.69, 9.17) is 16.7 Å². The molecular weight excluding hydrogens is 294 g/mol. The summed E-state index contributed by atoms with van der Waals surface area (Å²) in [6.45, 7) is 1.99. The highest BCUT2D eigenvalue weighted by atomic mass is 35.5. The van der Waals surface area contributed by atoms with Crippen LogP contribution >= 0.6 is 11.6 Å². The first-order chi connectivity index (χ1) is 10.1. The predicted octanol–water partition coefficient (Wildman–Crippen LogP) is 1.21. The maximum atomic E-state index is 12.4. The van der Waals surface area contributed by atoms with E-state index in [-0.39, 0.29) is 18.6 Å². The summed E-state index contributed by atoms with van der Waals surface area (Å²) < 4.78 is 1.41. The summed E-state index contributed by atoms with van der Waals surface area (Å²) in [6, 6.07) is 4.88. The first-order valence-corrected chi connectivity index (χ1v) is 6.94. The van der Waals surface area contributed by atoms with Gasteiger partial charge in [-0.1, -0.05) is 11.6 Å². The van der Waals surface area contributed by atoms with Crippen molar-refractivity contribution in [3.8, 4) is 5.69 Å². The van der Waals surface area contributed by atoms with Crippen LogP contribution in [0.4, 0.5) is 0 Å². The minimum Gasteiger partial charge on any atom is -0.396 e. The standard InChI is InChI=1S/C13H16ClN5O2/c1-9(3-2-6-20)16-13(21)11-7-10(14)4-5-12(11)19-8-15-17-18-19/h4-5,7-9,20H,2-3,6H2,1H3,(H,16,21). The fourth-order valence-corrected chi connectivity index (χ4v) is 2.10. The number of hydrogen-bond acceptors (Lipinski definition) is 5. The van der Waals surface area contributed by atoms with Gasteiger partial charge in [0.2, 0.25) is 0 Å². The number of tetrazole rings is 1. The predicted molar refractivity (Wildman–Crippen MR) is 77.4 cm³/mol. The summed E-state index contributed by atoms with van der Waals surface area (Å²) in [5, 5.41) is 23.1. The van der Waals surface area contributed by atoms with Crippen molar-refractivity contribution in [2.24, 2.45) is 0 Å². The Kier molecular flexibility index (Phi) is 5.24. The second-order valence-corrected chi connectivity index (χ2v) is 5.09. The number of rotatable bonds is 6. The van der Waals surface area contributed by atoms with Gasteiger partial charge in [-0.15, -0.1) is 5.10 Å². The highest BCUT2D eigenvalue weighted by Crippen LogP contribution is 2.19. The third-order valence-electron chi connectivity index (χ3n) is 2.97. The minimum atomic E-state index is -0.256. The molecule has 2 N–H and O–H groups in total. The Labute approximate surface area is 126 Å². The van der Waals surface area contributed by atoms with Gasteiger partial charge in [0, 0.05) is 17.7 Å². The van der Waals surface area contributed by atoms with Crippen LogP contribution in [0.25, 0.3) is 5.69 Å². The van der Waals surface area contributed by atoms with Gasteiger partial charge in [-0.05, 0) is 48.4 Å². The smallest absolute Gasteiger partial charge is 0.253 e. The van der Waals surface area contributed by atoms with Crippen LogP contribution in [0.5, 0.6) is 0 Å². The summed E-state index contributed by atoms with van der Waals surface area (Å²) in [6.07, 6.45) is 2.75. The van der Waals surface area contributed by atoms with Gasteiger partial charge in [-0.2, -0.15) is 4.68 Å². The van der Waals surface area contributed by atoms with E-state index in [9.17, 15) is 4.79 Å². The van der Waals surface area contributed by atoms with Crippen molar-refractivity contribution >= 4 is 17.5 Å². The van der Waals surface area contributed by atoms with Crippen molar-refractivity contribution in [3.63, 3.8) is 0 Å². The molecule has 112 valence electrons. The van der Waals surface area contributed by atoms with Crippen molar-refractivity contribution in [3.05, 3.63) is 35.1 Å². The Morgan fingerprint density at radius 1 is 1.52 bits per heavy atom. The van der Waals surface area contributed by atoms with Crippen molar-refractivity contribution in [1.29, 1.82) is 0 Å². The molecule has 8 heteroatoms. The normalized spacial score (nSPS) is 12.1. The van der Waals surface area contributed by atoms with E-state index in [1.54, 1.807) is 18.2 Å². The van der Waals surface area contributed by atoms with Crippen LogP contribution in [0.15, 0.2) is 24.5 Å². The second-order valence-electron chi connectivity index (χ2n) is 4.66. The monoisotopic (exact) mass is 309 g/mol. The molecule has 0 saturated heterocycles. The van der Waals surface area contributed by atoms with Crippen LogP contribution in [-0.2, 0) is 0 Å². The van der Waals surface area contributed by atoms with E-state index in [1.807, 2.05) is 6.92 Å². The molecule has 0 fully saturated rings. The quantitative estimate of drug-likeness (QED) is 0.836. The van der Waals surface area contributed by atoms with Gasteiger partial charge in [0.05, 0.1) is 11.3 Å². The average molecular weight is 310 g/mol. The molecule has 0 saturated carbocycles. The maximum absolute atomic E-state index is 12.4. The van der Waals surface area contributed by atoms with E-state index in [0.29, 0.717) is 29.1 Å². The van der Waals surface area contributed by atoms with Gasteiger partial charge < -0.3 is 10.4 Å². The second kappa shape index (κ2) is 7.14. The number of carbonyl (C=O) groups excluding carboxylic acids is 1. The van der Waals surface area contributed by atoms with Gasteiger partial charge in [0.1, 0.15) is 6.33 Å². The molecule has 0 aliphatic heterocycles. The van der Waals surface area contributed by atoms with Crippen LogP contribution in [0, 0.1) is 0 Å². The SMILES string of the molecule is CC(CCCO)NC(=O)c1cc(Cl)ccc1-n1cnnn1. The molecule has 1 amide bonds. The van der Waals surface area contributed by atoms with Crippen LogP contribution < -0.4 is 5.32 Å². The lowest BCUT2D eigenvalue weighted by Gasteiger charge is -2.15. The molecule has 2 aromatic rings. The first kappa shape index (κ1) is 15.4. The van der Waals surface area contributed by atoms with Gasteiger partial charge >= 0.3 is 0 Å². The number of nitrogens with one attached hydrogen (secondary N) is 1. The number of benzene rings is 1. The lowest BCUT2D eigenvalue weighted by molar-refractivity contribution is 0.0936. The summed E-state index contributed by atoms with van der Waals surface area (Å²) in [5.74, 6) is -0.256. The van der Waals surface area contributed by atoms with Gasteiger partial charge in [-0.25, -0.2) is 0 Å². The van der Waals surface area contributed by atoms with E-state index < -0.39 is 0 Å². The molecule has 1 heterocycles. The zero-order valence-corrected chi connectivity index (χ0v) is 12.3. The molecule has 1 aromatic heterocycles. The summed E-state index contributed by atoms with van der Waals surface area (Å²) in [7, 11) is 0. The number of carbonyl (C=O) groups is 1. The average Bonchev–Trinajstić information content (AvgIpc) is 2.99. The molecule has 21 heavy (non-hydrogen) atoms. The van der Waals surface area contributed by atoms with Gasteiger partial charge in [-0.3, -0.25) is 4.79 Å². The first-order valence-electron chi connectivity index (χ1n) is 6.56. The molecular formula is C13H16ClN5O2. The van der Waals surface area contributed by atoms with Crippen molar-refractivity contribution in [2.75, 3.05) is 6.61 Å². The third kappa shape index (κ3) is 3.99. The van der Waals surface area contributed by atoms with Crippen LogP contribution in [0.3, 0.4) is 0 Å². The fraction of sp³-hybridized carbons (Fsp3) is 0.385. The zero-order valence-electron chi connectivity index (χ0n) is 11.5. The molecule has 7 nitrogen and oxygen atoms in total. The van der Waals surface area contributed by atoms with Crippen LogP contribution in [0.1, 0.15) is 30.1 Å². The van der Waals surface area contributed by atoms with E-state index >= 15 is 0 Å². The Balaban J connectivity index is 2.22. The zero-order chi connectivity index (χ0) is 15.2. The number of amides is 1. The molecule has 0 bridgehead atoms. The van der Waals surface area contributed by atoms with E-state index in [2.05, 4.69) is 20.8 Å². The maximum Gasteiger partial charge on any atom is 0.253 e. The molecule has 0 radical (unpaired) electrons. The summed E-state index contributed by atoms with van der Waals surface area (Å²) in [5.41, 5.74) is 0.946. The molecule has 1 atom stereocenters. The van der Waals surface area contributed by atoms with Gasteiger partial charge in [0.25, 0.3) is 5.91 Å². The topological polar surface area (TPSA) is 92.9 Å². The highest BCUT2D eigenvalue weighted by Gasteiger charge is 2.16. The Morgan fingerprint density at radius 2 is 2.33 bits per heavy atom. The third-order valence-corrected chi connectivity index (χ3v) is 3.21. The summed E-state index contributed by atoms with van der Waals surface area (Å²) in [4.78, 5) is 12.4. The Bertz CT molecular complexity index is 603. The number of hydrogen-bond donors (Lipinski definition) is 2. The lowest BCUT2D eigenvalue weighted by Crippen LogP contribution is -2.33. The van der Waals surface area contributed by atoms with E-state index in [1.165, 1.54) is 11.0 Å². The number of halogens is 1. The molecule has 0 spiro atoms. The fourth-order valence-electron chi connectivity index (χ4n) is 1.93. The van der Waals surface area contributed by atoms with Crippen molar-refractivity contribution in [1.82, 2.24) is 25.5 Å². The molecule has 0 aliphatic carbocycles. The Morgan fingerprint density at radius 3 is 3.00 bits per heavy atom. The van der Waals surface area contributed by atoms with E-state index in [0.717, 1.165) is 0 Å². The number of nitrogens with zero attached hydrogens (tertiary/aromatic N) is 4. The number of aliphatic hydroxyl groups excluding tert-OH is 1. The van der Waals surface area contributed by atoms with Gasteiger partial charge in [0.15, 0.2) is 0 Å². The molecule has 1 aromatic carbocycles. The number of aliphatic hydroxyl groups is 1. The highest BCUT2D eigenvalue weighted by molar-refractivity contribution is 6.31. The molecule has 2 rings (SSSR count). The Hall–Kier alpha value is -1.99.